The second-order valence-corrected chi connectivity index (χ2v) is 8.39. The van der Waals surface area contributed by atoms with Crippen molar-refractivity contribution in [3.05, 3.63) is 69.4 Å². The molecule has 31 heavy (non-hydrogen) atoms. The fourth-order valence-corrected chi connectivity index (χ4v) is 4.95. The van der Waals surface area contributed by atoms with E-state index in [1.807, 2.05) is 17.7 Å². The molecule has 6 aromatic rings. The summed E-state index contributed by atoms with van der Waals surface area (Å²) in [6.07, 6.45) is 4.06. The highest BCUT2D eigenvalue weighted by Gasteiger charge is 2.19. The van der Waals surface area contributed by atoms with Crippen molar-refractivity contribution in [2.75, 3.05) is 0 Å². The Morgan fingerprint density at radius 2 is 2.13 bits per heavy atom. The first-order valence-electron chi connectivity index (χ1n) is 9.53. The van der Waals surface area contributed by atoms with Crippen molar-refractivity contribution in [1.82, 2.24) is 39.5 Å². The third-order valence-electron chi connectivity index (χ3n) is 5.29. The molecular weight excluding hydrogens is 419 g/mol. The van der Waals surface area contributed by atoms with E-state index in [1.54, 1.807) is 35.9 Å². The van der Waals surface area contributed by atoms with Crippen molar-refractivity contribution in [1.29, 1.82) is 0 Å². The topological polar surface area (TPSA) is 110 Å². The number of nitrogens with one attached hydrogen (secondary N) is 2. The van der Waals surface area contributed by atoms with E-state index in [0.717, 1.165) is 26.4 Å². The first-order chi connectivity index (χ1) is 15.1. The van der Waals surface area contributed by atoms with Gasteiger partial charge in [-0.2, -0.15) is 14.6 Å². The molecule has 0 bridgehead atoms. The zero-order chi connectivity index (χ0) is 21.1. The average Bonchev–Trinajstić information content (AvgIpc) is 3.51. The van der Waals surface area contributed by atoms with Crippen LogP contribution in [0.3, 0.4) is 0 Å². The number of aryl methyl sites for hydroxylation is 1. The average molecular weight is 434 g/mol. The number of thiazole rings is 1. The lowest BCUT2D eigenvalue weighted by Gasteiger charge is -2.05. The van der Waals surface area contributed by atoms with E-state index in [9.17, 15) is 9.18 Å². The SMILES string of the molecule is Cn1c2nc(Cc3ccn[nH]3)sc2c2cnn(Cc3ccc4cc(F)[nH]c4n3)c(=O)c21. The molecule has 0 unspecified atom stereocenters. The molecule has 0 aliphatic carbocycles. The molecule has 9 nitrogen and oxygen atoms in total. The summed E-state index contributed by atoms with van der Waals surface area (Å²) in [6, 6.07) is 6.83. The van der Waals surface area contributed by atoms with E-state index in [4.69, 9.17) is 4.98 Å². The highest BCUT2D eigenvalue weighted by atomic mass is 32.1. The van der Waals surface area contributed by atoms with Gasteiger partial charge in [0.1, 0.15) is 16.2 Å². The monoisotopic (exact) mass is 434 g/mol. The molecule has 154 valence electrons. The predicted molar refractivity (Wildman–Crippen MR) is 115 cm³/mol. The normalized spacial score (nSPS) is 11.9. The second kappa shape index (κ2) is 6.57. The minimum Gasteiger partial charge on any atom is -0.323 e. The van der Waals surface area contributed by atoms with Crippen molar-refractivity contribution >= 4 is 43.6 Å². The summed E-state index contributed by atoms with van der Waals surface area (Å²) in [5.74, 6) is -0.445. The van der Waals surface area contributed by atoms with E-state index in [0.29, 0.717) is 28.7 Å². The zero-order valence-electron chi connectivity index (χ0n) is 16.3. The number of nitrogens with zero attached hydrogens (tertiary/aromatic N) is 6. The minimum atomic E-state index is -0.445. The third-order valence-corrected chi connectivity index (χ3v) is 6.36. The van der Waals surface area contributed by atoms with Gasteiger partial charge in [-0.1, -0.05) is 0 Å². The van der Waals surface area contributed by atoms with Crippen molar-refractivity contribution in [3.8, 4) is 0 Å². The first-order valence-corrected chi connectivity index (χ1v) is 10.3. The van der Waals surface area contributed by atoms with Gasteiger partial charge in [0.25, 0.3) is 5.56 Å². The largest absolute Gasteiger partial charge is 0.323 e. The second-order valence-electron chi connectivity index (χ2n) is 7.31. The molecule has 0 saturated carbocycles. The molecule has 0 aromatic carbocycles. The molecular formula is C20H15FN8OS. The number of pyridine rings is 1. The van der Waals surface area contributed by atoms with Gasteiger partial charge in [0.05, 0.1) is 23.1 Å². The predicted octanol–water partition coefficient (Wildman–Crippen LogP) is 2.72. The molecule has 0 saturated heterocycles. The maximum absolute atomic E-state index is 13.4. The van der Waals surface area contributed by atoms with Gasteiger partial charge in [-0.05, 0) is 18.2 Å². The van der Waals surface area contributed by atoms with Gasteiger partial charge < -0.3 is 9.55 Å². The third kappa shape index (κ3) is 2.85. The Morgan fingerprint density at radius 1 is 1.23 bits per heavy atom. The highest BCUT2D eigenvalue weighted by molar-refractivity contribution is 7.19. The molecule has 11 heteroatoms. The van der Waals surface area contributed by atoms with E-state index >= 15 is 0 Å². The number of fused-ring (bicyclic) bond motifs is 4. The molecule has 0 spiro atoms. The summed E-state index contributed by atoms with van der Waals surface area (Å²) in [5, 5.41) is 13.7. The van der Waals surface area contributed by atoms with Crippen LogP contribution in [0.5, 0.6) is 0 Å². The van der Waals surface area contributed by atoms with E-state index in [2.05, 4.69) is 25.3 Å². The Hall–Kier alpha value is -3.86. The van der Waals surface area contributed by atoms with Gasteiger partial charge in [-0.3, -0.25) is 9.89 Å². The number of hydrogen-bond donors (Lipinski definition) is 2. The summed E-state index contributed by atoms with van der Waals surface area (Å²) < 4.78 is 17.5. The Morgan fingerprint density at radius 3 is 2.97 bits per heavy atom. The van der Waals surface area contributed by atoms with Crippen LogP contribution in [-0.4, -0.2) is 39.5 Å². The smallest absolute Gasteiger partial charge is 0.291 e. The number of halogens is 1. The van der Waals surface area contributed by atoms with Gasteiger partial charge in [0, 0.05) is 42.2 Å². The zero-order valence-corrected chi connectivity index (χ0v) is 17.1. The molecule has 6 aromatic heterocycles. The van der Waals surface area contributed by atoms with Crippen LogP contribution in [-0.2, 0) is 20.0 Å². The Bertz CT molecular complexity index is 1640. The van der Waals surface area contributed by atoms with Crippen LogP contribution in [0.4, 0.5) is 4.39 Å². The summed E-state index contributed by atoms with van der Waals surface area (Å²) in [6.45, 7) is 0.183. The fraction of sp³-hybridized carbons (Fsp3) is 0.150. The van der Waals surface area contributed by atoms with Gasteiger partial charge in [0.2, 0.25) is 0 Å². The van der Waals surface area contributed by atoms with Crippen molar-refractivity contribution in [3.63, 3.8) is 0 Å². The molecule has 6 rings (SSSR count). The van der Waals surface area contributed by atoms with Gasteiger partial charge in [-0.25, -0.2) is 14.6 Å². The van der Waals surface area contributed by atoms with E-state index < -0.39 is 5.95 Å². The minimum absolute atomic E-state index is 0.183. The number of rotatable bonds is 4. The Kier molecular flexibility index (Phi) is 3.81. The summed E-state index contributed by atoms with van der Waals surface area (Å²) in [5.41, 5.74) is 3.11. The van der Waals surface area contributed by atoms with Crippen molar-refractivity contribution < 1.29 is 4.39 Å². The number of H-pyrrole nitrogens is 2. The molecule has 0 fully saturated rings. The molecule has 0 aliphatic heterocycles. The molecule has 0 radical (unpaired) electrons. The summed E-state index contributed by atoms with van der Waals surface area (Å²) >= 11 is 1.55. The van der Waals surface area contributed by atoms with Gasteiger partial charge >= 0.3 is 0 Å². The van der Waals surface area contributed by atoms with Crippen LogP contribution in [0.15, 0.2) is 41.5 Å². The maximum Gasteiger partial charge on any atom is 0.291 e. The summed E-state index contributed by atoms with van der Waals surface area (Å²) in [4.78, 5) is 24.9. The van der Waals surface area contributed by atoms with Crippen LogP contribution in [0.1, 0.15) is 16.4 Å². The summed E-state index contributed by atoms with van der Waals surface area (Å²) in [7, 11) is 1.84. The lowest BCUT2D eigenvalue weighted by atomic mass is 10.3. The quantitative estimate of drug-likeness (QED) is 0.443. The fourth-order valence-electron chi connectivity index (χ4n) is 3.82. The van der Waals surface area contributed by atoms with Crippen LogP contribution in [0.25, 0.3) is 32.3 Å². The van der Waals surface area contributed by atoms with E-state index in [-0.39, 0.29) is 12.1 Å². The van der Waals surface area contributed by atoms with Crippen LogP contribution in [0, 0.1) is 5.95 Å². The standard InChI is InChI=1S/C20H15FN8OS/c1-28-16-13(17-19(28)26-15(31-17)7-11-4-5-22-27-11)8-23-29(20(16)30)9-12-3-2-10-6-14(21)25-18(10)24-12/h2-6,8H,7,9H2,1H3,(H,22,27)(H,24,25). The van der Waals surface area contributed by atoms with Crippen LogP contribution >= 0.6 is 11.3 Å². The molecule has 0 amide bonds. The van der Waals surface area contributed by atoms with Gasteiger partial charge in [0.15, 0.2) is 11.6 Å². The first kappa shape index (κ1) is 18.0. The molecule has 0 aliphatic rings. The lowest BCUT2D eigenvalue weighted by Crippen LogP contribution is -2.25. The number of aromatic nitrogens is 8. The number of aromatic amines is 2. The molecule has 0 atom stereocenters. The molecule has 2 N–H and O–H groups in total. The maximum atomic E-state index is 13.4. The Labute approximate surface area is 177 Å². The Balaban J connectivity index is 1.41. The van der Waals surface area contributed by atoms with Crippen molar-refractivity contribution in [2.45, 2.75) is 13.0 Å². The van der Waals surface area contributed by atoms with Crippen LogP contribution < -0.4 is 5.56 Å². The lowest BCUT2D eigenvalue weighted by molar-refractivity contribution is 0.593. The van der Waals surface area contributed by atoms with Crippen molar-refractivity contribution in [2.24, 2.45) is 7.05 Å². The number of hydrogen-bond acceptors (Lipinski definition) is 6. The highest BCUT2D eigenvalue weighted by Crippen LogP contribution is 2.31. The van der Waals surface area contributed by atoms with Gasteiger partial charge in [-0.15, -0.1) is 11.3 Å². The van der Waals surface area contributed by atoms with Crippen LogP contribution in [0.2, 0.25) is 0 Å². The molecule has 6 heterocycles. The van der Waals surface area contributed by atoms with E-state index in [1.165, 1.54) is 10.7 Å².